The summed E-state index contributed by atoms with van der Waals surface area (Å²) in [5.41, 5.74) is 2.32. The molecule has 0 fully saturated rings. The number of carbonyl (C=O) groups is 6. The number of nitrogens with zero attached hydrogens (tertiary/aromatic N) is 3. The molecule has 7 aromatic rings. The number of ether oxygens (including phenoxy) is 2. The summed E-state index contributed by atoms with van der Waals surface area (Å²) in [5.74, 6) is -4.31. The van der Waals surface area contributed by atoms with Gasteiger partial charge in [0.25, 0.3) is 15.6 Å². The summed E-state index contributed by atoms with van der Waals surface area (Å²) >= 11 is 5.67. The minimum absolute atomic E-state index is 0.00966. The number of aromatic nitrogens is 4. The molecule has 4 atom stereocenters. The van der Waals surface area contributed by atoms with Crippen LogP contribution in [0.2, 0.25) is 0 Å². The Morgan fingerprint density at radius 1 is 0.845 bits per heavy atom. The average Bonchev–Trinajstić information content (AvgIpc) is 1.48. The average molecular weight is 1180 g/mol. The van der Waals surface area contributed by atoms with E-state index in [4.69, 9.17) is 26.7 Å². The lowest BCUT2D eigenvalue weighted by atomic mass is 9.85. The second kappa shape index (κ2) is 25.2. The number of fused-ring (bicyclic) bond motifs is 5. The highest BCUT2D eigenvalue weighted by molar-refractivity contribution is 7.92. The normalized spacial score (nSPS) is 15.2. The summed E-state index contributed by atoms with van der Waals surface area (Å²) in [4.78, 5) is 106. The van der Waals surface area contributed by atoms with Crippen LogP contribution in [-0.4, -0.2) is 92.7 Å². The van der Waals surface area contributed by atoms with E-state index < -0.39 is 87.5 Å². The molecule has 26 heteroatoms. The van der Waals surface area contributed by atoms with Crippen LogP contribution in [0.25, 0.3) is 22.3 Å². The molecular formula is C58H60N12O12S2. The van der Waals surface area contributed by atoms with Gasteiger partial charge in [-0.1, -0.05) is 64.1 Å². The monoisotopic (exact) mass is 1180 g/mol. The van der Waals surface area contributed by atoms with Gasteiger partial charge in [-0.05, 0) is 109 Å². The van der Waals surface area contributed by atoms with Gasteiger partial charge in [-0.2, -0.15) is 0 Å². The summed E-state index contributed by atoms with van der Waals surface area (Å²) in [6.07, 6.45) is 3.02. The van der Waals surface area contributed by atoms with E-state index in [-0.39, 0.29) is 69.8 Å². The standard InChI is InChI=1S/C58H60N12O12S2/c1-5-21-60-55(77)63-38-13-10-15-41(24-38)84(79,80)69-39-14-9-12-34(23-39)45(27-48(71)72)66-56(78)62-36-17-19-37(20-18-36)64-57(83)67-46(25-40-28-59-31-61-40)51(73)68-49(32(3)4)53(75)82-58(6-2)43-26-47-50-35(22-33-11-7-8-16-44(33)65-50)29-70(47)52(74)42(43)30-81-54(58)76/h7-20,22-24,26,28,31-32,45-46,49,69H,5-6,21,25,27,29-30H2,1-4H3,(H,59,61)(H,68,73)(H,71,72)(H2,60,63,77)(H2,62,66,78)(H2,64,67,83)/t45?,46?,49-,58+/m1/s1. The van der Waals surface area contributed by atoms with Crippen molar-refractivity contribution in [3.8, 4) is 11.4 Å². The lowest BCUT2D eigenvalue weighted by molar-refractivity contribution is -0.191. The lowest BCUT2D eigenvalue weighted by Crippen LogP contribution is -2.56. The third-order valence-electron chi connectivity index (χ3n) is 14.0. The molecule has 436 valence electrons. The minimum Gasteiger partial charge on any atom is -0.481 e. The van der Waals surface area contributed by atoms with Crippen LogP contribution in [0, 0.1) is 5.92 Å². The van der Waals surface area contributed by atoms with E-state index in [0.717, 1.165) is 16.5 Å². The summed E-state index contributed by atoms with van der Waals surface area (Å²) in [5, 5.41) is 30.0. The quantitative estimate of drug-likeness (QED) is 0.0262. The second-order valence-electron chi connectivity index (χ2n) is 20.3. The fourth-order valence-electron chi connectivity index (χ4n) is 9.80. The van der Waals surface area contributed by atoms with Crippen LogP contribution < -0.4 is 47.5 Å². The Morgan fingerprint density at radius 2 is 1.57 bits per heavy atom. The van der Waals surface area contributed by atoms with E-state index >= 15 is 0 Å². The summed E-state index contributed by atoms with van der Waals surface area (Å²) < 4.78 is 42.7. The Labute approximate surface area is 487 Å². The SMILES string of the molecule is CCCNC(=O)Nc1cccc(S(=O)(=O)Nc2cccc(C(CC(=O)O)NC(=O)Nc3ccc(NC(=S)NC(Cc4cnc[nH]4)C(=O)N[C@@H](C(=O)O[C@]4(CC)C(=O)OCc5c4cc4n(c5=O)Cc5cc6ccccc6nc5-4)C(C)C)cc3)c2)c1. The number of aliphatic carboxylic acids is 1. The molecule has 2 aliphatic rings. The van der Waals surface area contributed by atoms with Gasteiger partial charge >= 0.3 is 30.0 Å². The van der Waals surface area contributed by atoms with Crippen LogP contribution in [-0.2, 0) is 63.8 Å². The molecule has 10 N–H and O–H groups in total. The van der Waals surface area contributed by atoms with Crippen LogP contribution in [0.1, 0.15) is 80.9 Å². The fraction of sp³-hybridized carbons (Fsp3) is 0.276. The third kappa shape index (κ3) is 13.3. The van der Waals surface area contributed by atoms with Crippen molar-refractivity contribution in [2.45, 2.75) is 95.2 Å². The number of carboxylic acids is 1. The number of esters is 2. The molecule has 4 aromatic carbocycles. The maximum Gasteiger partial charge on any atom is 0.355 e. The Morgan fingerprint density at radius 3 is 2.29 bits per heavy atom. The van der Waals surface area contributed by atoms with Gasteiger partial charge in [-0.25, -0.2) is 37.6 Å². The molecule has 2 aliphatic heterocycles. The van der Waals surface area contributed by atoms with E-state index in [1.807, 2.05) is 37.3 Å². The van der Waals surface area contributed by atoms with Gasteiger partial charge in [0.15, 0.2) is 5.11 Å². The van der Waals surface area contributed by atoms with E-state index in [1.54, 1.807) is 43.5 Å². The molecule has 0 aliphatic carbocycles. The largest absolute Gasteiger partial charge is 0.481 e. The number of aromatic amines is 1. The number of imidazole rings is 1. The second-order valence-corrected chi connectivity index (χ2v) is 22.4. The number of carboxylic acid groups (broad SMARTS) is 1. The molecule has 9 rings (SSSR count). The number of benzene rings is 4. The number of anilines is 4. The van der Waals surface area contributed by atoms with Crippen molar-refractivity contribution in [2.24, 2.45) is 5.92 Å². The Bertz CT molecular complexity index is 3880. The van der Waals surface area contributed by atoms with Gasteiger partial charge in [0.2, 0.25) is 11.5 Å². The van der Waals surface area contributed by atoms with E-state index in [9.17, 15) is 47.1 Å². The van der Waals surface area contributed by atoms with Crippen molar-refractivity contribution in [1.29, 1.82) is 0 Å². The van der Waals surface area contributed by atoms with Crippen molar-refractivity contribution >= 4 is 96.9 Å². The van der Waals surface area contributed by atoms with E-state index in [2.05, 4.69) is 51.9 Å². The Balaban J connectivity index is 0.840. The third-order valence-corrected chi connectivity index (χ3v) is 15.6. The summed E-state index contributed by atoms with van der Waals surface area (Å²) in [6, 6.07) is 24.1. The maximum atomic E-state index is 14.5. The molecule has 0 saturated heterocycles. The number of pyridine rings is 2. The first-order valence-electron chi connectivity index (χ1n) is 26.8. The number of cyclic esters (lactones) is 1. The molecule has 3 aromatic heterocycles. The zero-order valence-corrected chi connectivity index (χ0v) is 47.5. The van der Waals surface area contributed by atoms with Gasteiger partial charge in [0.1, 0.15) is 18.7 Å². The Kier molecular flexibility index (Phi) is 17.7. The number of rotatable bonds is 21. The zero-order chi connectivity index (χ0) is 59.9. The minimum atomic E-state index is -4.20. The molecule has 0 spiro atoms. The molecule has 84 heavy (non-hydrogen) atoms. The molecule has 0 radical (unpaired) electrons. The number of amides is 5. The van der Waals surface area contributed by atoms with Crippen molar-refractivity contribution in [3.05, 3.63) is 160 Å². The first-order chi connectivity index (χ1) is 40.2. The van der Waals surface area contributed by atoms with Crippen molar-refractivity contribution in [1.82, 2.24) is 40.8 Å². The van der Waals surface area contributed by atoms with Gasteiger partial charge in [0.05, 0.1) is 52.7 Å². The summed E-state index contributed by atoms with van der Waals surface area (Å²) in [7, 11) is -4.20. The van der Waals surface area contributed by atoms with E-state index in [0.29, 0.717) is 35.7 Å². The topological polar surface area (TPSA) is 335 Å². The van der Waals surface area contributed by atoms with Gasteiger partial charge in [-0.3, -0.25) is 19.1 Å². The Hall–Kier alpha value is -9.69. The van der Waals surface area contributed by atoms with Gasteiger partial charge in [0, 0.05) is 64.1 Å². The molecule has 2 unspecified atom stereocenters. The number of H-pyrrole nitrogens is 1. The highest BCUT2D eigenvalue weighted by atomic mass is 32.2. The predicted octanol–water partition coefficient (Wildman–Crippen LogP) is 6.76. The molecule has 0 saturated carbocycles. The predicted molar refractivity (Wildman–Crippen MR) is 315 cm³/mol. The first kappa shape index (κ1) is 58.9. The first-order valence-corrected chi connectivity index (χ1v) is 28.7. The van der Waals surface area contributed by atoms with Crippen molar-refractivity contribution in [2.75, 3.05) is 27.2 Å². The van der Waals surface area contributed by atoms with Crippen LogP contribution in [0.15, 0.2) is 131 Å². The highest BCUT2D eigenvalue weighted by Gasteiger charge is 2.51. The molecule has 0 bridgehead atoms. The number of nitrogens with one attached hydrogen (secondary N) is 9. The zero-order valence-electron chi connectivity index (χ0n) is 45.9. The highest BCUT2D eigenvalue weighted by Crippen LogP contribution is 2.41. The summed E-state index contributed by atoms with van der Waals surface area (Å²) in [6.45, 7) is 7.27. The van der Waals surface area contributed by atoms with Gasteiger partial charge < -0.3 is 61.3 Å². The number of sulfonamides is 1. The number of para-hydroxylation sites is 1. The molecule has 5 amide bonds. The number of hydrogen-bond acceptors (Lipinski definition) is 14. The number of urea groups is 2. The van der Waals surface area contributed by atoms with E-state index in [1.165, 1.54) is 73.2 Å². The lowest BCUT2D eigenvalue weighted by Gasteiger charge is -2.37. The fourth-order valence-corrected chi connectivity index (χ4v) is 11.2. The van der Waals surface area contributed by atoms with Crippen LogP contribution >= 0.6 is 12.2 Å². The number of hydrogen-bond donors (Lipinski definition) is 10. The van der Waals surface area contributed by atoms with Crippen LogP contribution in [0.5, 0.6) is 0 Å². The molecular weight excluding hydrogens is 1120 g/mol. The van der Waals surface area contributed by atoms with Crippen molar-refractivity contribution < 1.29 is 51.8 Å². The number of carbonyl (C=O) groups excluding carboxylic acids is 5. The van der Waals surface area contributed by atoms with Gasteiger partial charge in [-0.15, -0.1) is 0 Å². The van der Waals surface area contributed by atoms with Crippen LogP contribution in [0.3, 0.4) is 0 Å². The number of thiocarbonyl (C=S) groups is 1. The maximum absolute atomic E-state index is 14.5. The molecule has 24 nitrogen and oxygen atoms in total. The van der Waals surface area contributed by atoms with Crippen molar-refractivity contribution in [3.63, 3.8) is 0 Å². The smallest absolute Gasteiger partial charge is 0.355 e. The molecule has 5 heterocycles. The van der Waals surface area contributed by atoms with Crippen LogP contribution in [0.4, 0.5) is 32.3 Å².